The van der Waals surface area contributed by atoms with Crippen molar-refractivity contribution in [1.82, 2.24) is 0 Å². The number of nitrogen functional groups attached to an aromatic ring is 1. The van der Waals surface area contributed by atoms with Crippen molar-refractivity contribution in [2.24, 2.45) is 0 Å². The number of hydrogen-bond donors (Lipinski definition) is 3. The van der Waals surface area contributed by atoms with Crippen molar-refractivity contribution in [1.29, 1.82) is 0 Å². The SMILES string of the molecule is Cc1cc(NC(=O)CCCC(=O)O)ccc1N. The first-order chi connectivity index (χ1) is 7.99. The van der Waals surface area contributed by atoms with Gasteiger partial charge in [0.05, 0.1) is 0 Å². The Morgan fingerprint density at radius 3 is 2.65 bits per heavy atom. The number of amides is 1. The largest absolute Gasteiger partial charge is 0.481 e. The number of rotatable bonds is 5. The zero-order valence-corrected chi connectivity index (χ0v) is 9.69. The van der Waals surface area contributed by atoms with E-state index in [4.69, 9.17) is 10.8 Å². The zero-order chi connectivity index (χ0) is 12.8. The molecule has 0 aliphatic heterocycles. The summed E-state index contributed by atoms with van der Waals surface area (Å²) in [6, 6.07) is 5.23. The normalized spacial score (nSPS) is 9.94. The predicted octanol–water partition coefficient (Wildman–Crippen LogP) is 1.77. The average Bonchev–Trinajstić information content (AvgIpc) is 2.23. The lowest BCUT2D eigenvalue weighted by molar-refractivity contribution is -0.137. The van der Waals surface area contributed by atoms with Crippen molar-refractivity contribution in [2.75, 3.05) is 11.1 Å². The molecule has 5 heteroatoms. The summed E-state index contributed by atoms with van der Waals surface area (Å²) in [6.07, 6.45) is 0.555. The summed E-state index contributed by atoms with van der Waals surface area (Å²) in [6.45, 7) is 1.86. The van der Waals surface area contributed by atoms with Crippen molar-refractivity contribution < 1.29 is 14.7 Å². The first-order valence-corrected chi connectivity index (χ1v) is 5.37. The third-order valence-corrected chi connectivity index (χ3v) is 2.35. The maximum absolute atomic E-state index is 11.5. The van der Waals surface area contributed by atoms with Gasteiger partial charge in [0, 0.05) is 24.2 Å². The van der Waals surface area contributed by atoms with Crippen molar-refractivity contribution in [3.05, 3.63) is 23.8 Å². The molecule has 0 saturated carbocycles. The molecule has 92 valence electrons. The van der Waals surface area contributed by atoms with E-state index >= 15 is 0 Å². The van der Waals surface area contributed by atoms with Gasteiger partial charge in [-0.25, -0.2) is 0 Å². The van der Waals surface area contributed by atoms with Crippen molar-refractivity contribution >= 4 is 23.3 Å². The number of aryl methyl sites for hydroxylation is 1. The van der Waals surface area contributed by atoms with Gasteiger partial charge in [0.1, 0.15) is 0 Å². The Morgan fingerprint density at radius 1 is 1.35 bits per heavy atom. The Morgan fingerprint density at radius 2 is 2.06 bits per heavy atom. The first kappa shape index (κ1) is 13.0. The van der Waals surface area contributed by atoms with Crippen LogP contribution in [0.15, 0.2) is 18.2 Å². The molecule has 17 heavy (non-hydrogen) atoms. The number of aliphatic carboxylic acids is 1. The molecule has 0 unspecified atom stereocenters. The fourth-order valence-corrected chi connectivity index (χ4v) is 1.38. The molecule has 1 aromatic carbocycles. The molecule has 0 radical (unpaired) electrons. The second-order valence-corrected chi connectivity index (χ2v) is 3.87. The molecule has 0 heterocycles. The molecular weight excluding hydrogens is 220 g/mol. The van der Waals surface area contributed by atoms with Gasteiger partial charge in [0.25, 0.3) is 0 Å². The van der Waals surface area contributed by atoms with Crippen LogP contribution in [0.3, 0.4) is 0 Å². The molecule has 1 amide bonds. The highest BCUT2D eigenvalue weighted by Gasteiger charge is 2.05. The van der Waals surface area contributed by atoms with E-state index < -0.39 is 5.97 Å². The summed E-state index contributed by atoms with van der Waals surface area (Å²) in [7, 11) is 0. The Bertz CT molecular complexity index is 430. The highest BCUT2D eigenvalue weighted by molar-refractivity contribution is 5.91. The molecule has 0 fully saturated rings. The van der Waals surface area contributed by atoms with Gasteiger partial charge in [-0.1, -0.05) is 0 Å². The lowest BCUT2D eigenvalue weighted by Crippen LogP contribution is -2.12. The minimum Gasteiger partial charge on any atom is -0.481 e. The fourth-order valence-electron chi connectivity index (χ4n) is 1.38. The summed E-state index contributed by atoms with van der Waals surface area (Å²) in [5.41, 5.74) is 7.90. The van der Waals surface area contributed by atoms with E-state index in [1.54, 1.807) is 18.2 Å². The van der Waals surface area contributed by atoms with Crippen LogP contribution in [0.5, 0.6) is 0 Å². The van der Waals surface area contributed by atoms with Crippen LogP contribution in [0.2, 0.25) is 0 Å². The monoisotopic (exact) mass is 236 g/mol. The summed E-state index contributed by atoms with van der Waals surface area (Å²) in [4.78, 5) is 21.7. The smallest absolute Gasteiger partial charge is 0.303 e. The van der Waals surface area contributed by atoms with Gasteiger partial charge in [-0.05, 0) is 37.1 Å². The molecule has 0 saturated heterocycles. The summed E-state index contributed by atoms with van der Waals surface area (Å²) < 4.78 is 0. The van der Waals surface area contributed by atoms with E-state index in [9.17, 15) is 9.59 Å². The van der Waals surface area contributed by atoms with Crippen molar-refractivity contribution in [3.63, 3.8) is 0 Å². The Kier molecular flexibility index (Phi) is 4.51. The van der Waals surface area contributed by atoms with Crippen molar-refractivity contribution in [3.8, 4) is 0 Å². The molecule has 1 rings (SSSR count). The molecule has 1 aromatic rings. The Labute approximate surface area is 99.6 Å². The Hall–Kier alpha value is -2.04. The maximum atomic E-state index is 11.5. The van der Waals surface area contributed by atoms with Gasteiger partial charge in [0.15, 0.2) is 0 Å². The molecule has 0 aliphatic carbocycles. The fraction of sp³-hybridized carbons (Fsp3) is 0.333. The summed E-state index contributed by atoms with van der Waals surface area (Å²) in [5, 5.41) is 11.1. The molecule has 5 nitrogen and oxygen atoms in total. The van der Waals surface area contributed by atoms with Gasteiger partial charge < -0.3 is 16.2 Å². The second kappa shape index (κ2) is 5.89. The minimum absolute atomic E-state index is 0.00812. The molecule has 0 spiro atoms. The maximum Gasteiger partial charge on any atom is 0.303 e. The third-order valence-electron chi connectivity index (χ3n) is 2.35. The van der Waals surface area contributed by atoms with E-state index in [0.717, 1.165) is 5.56 Å². The predicted molar refractivity (Wildman–Crippen MR) is 65.7 cm³/mol. The standard InChI is InChI=1S/C12H16N2O3/c1-8-7-9(5-6-10(8)13)14-11(15)3-2-4-12(16)17/h5-7H,2-4,13H2,1H3,(H,14,15)(H,16,17). The number of nitrogens with two attached hydrogens (primary N) is 1. The van der Waals surface area contributed by atoms with Crippen LogP contribution < -0.4 is 11.1 Å². The molecule has 0 aliphatic rings. The van der Waals surface area contributed by atoms with E-state index in [2.05, 4.69) is 5.32 Å². The lowest BCUT2D eigenvalue weighted by Gasteiger charge is -2.07. The number of carboxylic acid groups (broad SMARTS) is 1. The number of carbonyl (C=O) groups excluding carboxylic acids is 1. The topological polar surface area (TPSA) is 92.4 Å². The number of carboxylic acids is 1. The van der Waals surface area contributed by atoms with Crippen LogP contribution in [0, 0.1) is 6.92 Å². The van der Waals surface area contributed by atoms with E-state index in [1.807, 2.05) is 6.92 Å². The molecule has 0 aromatic heterocycles. The number of anilines is 2. The van der Waals surface area contributed by atoms with E-state index in [-0.39, 0.29) is 18.7 Å². The number of benzene rings is 1. The van der Waals surface area contributed by atoms with Crippen LogP contribution in [0.4, 0.5) is 11.4 Å². The van der Waals surface area contributed by atoms with Gasteiger partial charge >= 0.3 is 5.97 Å². The summed E-state index contributed by atoms with van der Waals surface area (Å²) >= 11 is 0. The van der Waals surface area contributed by atoms with Gasteiger partial charge in [-0.2, -0.15) is 0 Å². The van der Waals surface area contributed by atoms with E-state index in [1.165, 1.54) is 0 Å². The third kappa shape index (κ3) is 4.55. The minimum atomic E-state index is -0.888. The van der Waals surface area contributed by atoms with Crippen LogP contribution >= 0.6 is 0 Å². The highest BCUT2D eigenvalue weighted by Crippen LogP contribution is 2.16. The van der Waals surface area contributed by atoms with Crippen molar-refractivity contribution in [2.45, 2.75) is 26.2 Å². The highest BCUT2D eigenvalue weighted by atomic mass is 16.4. The number of hydrogen-bond acceptors (Lipinski definition) is 3. The van der Waals surface area contributed by atoms with E-state index in [0.29, 0.717) is 17.8 Å². The van der Waals surface area contributed by atoms with Crippen LogP contribution in [0.1, 0.15) is 24.8 Å². The zero-order valence-electron chi connectivity index (χ0n) is 9.69. The van der Waals surface area contributed by atoms with Gasteiger partial charge in [-0.3, -0.25) is 9.59 Å². The first-order valence-electron chi connectivity index (χ1n) is 5.37. The van der Waals surface area contributed by atoms with Crippen LogP contribution in [-0.4, -0.2) is 17.0 Å². The van der Waals surface area contributed by atoms with Gasteiger partial charge in [0.2, 0.25) is 5.91 Å². The number of nitrogens with one attached hydrogen (secondary N) is 1. The second-order valence-electron chi connectivity index (χ2n) is 3.87. The lowest BCUT2D eigenvalue weighted by atomic mass is 10.1. The molecule has 4 N–H and O–H groups in total. The number of carbonyl (C=O) groups is 2. The summed E-state index contributed by atoms with van der Waals surface area (Å²) in [5.74, 6) is -1.07. The average molecular weight is 236 g/mol. The quantitative estimate of drug-likeness (QED) is 0.679. The molecule has 0 bridgehead atoms. The van der Waals surface area contributed by atoms with Gasteiger partial charge in [-0.15, -0.1) is 0 Å². The molecule has 0 atom stereocenters. The van der Waals surface area contributed by atoms with Crippen LogP contribution in [0.25, 0.3) is 0 Å². The molecular formula is C12H16N2O3. The Balaban J connectivity index is 2.45. The van der Waals surface area contributed by atoms with Crippen LogP contribution in [-0.2, 0) is 9.59 Å².